The molecule has 0 bridgehead atoms. The normalized spacial score (nSPS) is 13.2. The van der Waals surface area contributed by atoms with Crippen molar-refractivity contribution < 1.29 is 9.53 Å². The first-order chi connectivity index (χ1) is 11.6. The van der Waals surface area contributed by atoms with Crippen LogP contribution in [0.5, 0.6) is 5.75 Å². The monoisotopic (exact) mass is 326 g/mol. The molecule has 0 aliphatic heterocycles. The molecule has 0 aliphatic carbocycles. The van der Waals surface area contributed by atoms with E-state index in [1.54, 1.807) is 7.11 Å². The molecule has 0 radical (unpaired) electrons. The lowest BCUT2D eigenvalue weighted by Crippen LogP contribution is -2.32. The number of hydrogen-bond donors (Lipinski definition) is 2. The van der Waals surface area contributed by atoms with Crippen LogP contribution in [0.25, 0.3) is 11.1 Å². The maximum absolute atomic E-state index is 12.1. The highest BCUT2D eigenvalue weighted by atomic mass is 16.5. The summed E-state index contributed by atoms with van der Waals surface area (Å²) < 4.78 is 5.41. The van der Waals surface area contributed by atoms with Crippen LogP contribution in [0, 0.1) is 5.92 Å². The number of nitrogens with one attached hydrogen (secondary N) is 1. The number of amides is 1. The molecule has 3 N–H and O–H groups in total. The lowest BCUT2D eigenvalue weighted by molar-refractivity contribution is -0.125. The summed E-state index contributed by atoms with van der Waals surface area (Å²) in [5, 5.41) is 3.04. The van der Waals surface area contributed by atoms with E-state index in [2.05, 4.69) is 17.4 Å². The average Bonchev–Trinajstić information content (AvgIpc) is 2.62. The van der Waals surface area contributed by atoms with E-state index in [4.69, 9.17) is 10.5 Å². The van der Waals surface area contributed by atoms with Crippen LogP contribution in [-0.2, 0) is 4.79 Å². The highest BCUT2D eigenvalue weighted by Gasteiger charge is 2.15. The molecule has 0 saturated heterocycles. The fourth-order valence-electron chi connectivity index (χ4n) is 2.65. The van der Waals surface area contributed by atoms with Gasteiger partial charge >= 0.3 is 0 Å². The van der Waals surface area contributed by atoms with Gasteiger partial charge in [-0.15, -0.1) is 0 Å². The van der Waals surface area contributed by atoms with Crippen LogP contribution in [0.1, 0.15) is 31.9 Å². The maximum Gasteiger partial charge on any atom is 0.223 e. The molecule has 1 amide bonds. The van der Waals surface area contributed by atoms with E-state index in [0.717, 1.165) is 22.4 Å². The summed E-state index contributed by atoms with van der Waals surface area (Å²) >= 11 is 0. The molecule has 0 aliphatic rings. The zero-order chi connectivity index (χ0) is 17.5. The van der Waals surface area contributed by atoms with Gasteiger partial charge < -0.3 is 15.8 Å². The quantitative estimate of drug-likeness (QED) is 0.818. The Bertz CT molecular complexity index is 668. The number of nitrogens with two attached hydrogens (primary N) is 1. The zero-order valence-corrected chi connectivity index (χ0v) is 14.6. The highest BCUT2D eigenvalue weighted by Crippen LogP contribution is 2.30. The van der Waals surface area contributed by atoms with Crippen molar-refractivity contribution in [2.24, 2.45) is 11.7 Å². The smallest absolute Gasteiger partial charge is 0.223 e. The van der Waals surface area contributed by atoms with Gasteiger partial charge in [0.2, 0.25) is 5.91 Å². The van der Waals surface area contributed by atoms with E-state index in [1.165, 1.54) is 0 Å². The second kappa shape index (κ2) is 8.50. The van der Waals surface area contributed by atoms with Gasteiger partial charge in [-0.3, -0.25) is 4.79 Å². The van der Waals surface area contributed by atoms with E-state index in [0.29, 0.717) is 13.0 Å². The Hall–Kier alpha value is -2.33. The Morgan fingerprint density at radius 2 is 1.79 bits per heavy atom. The largest absolute Gasteiger partial charge is 0.496 e. The Labute approximate surface area is 144 Å². The lowest BCUT2D eigenvalue weighted by Gasteiger charge is -2.18. The summed E-state index contributed by atoms with van der Waals surface area (Å²) in [6, 6.07) is 16.1. The molecule has 24 heavy (non-hydrogen) atoms. The highest BCUT2D eigenvalue weighted by molar-refractivity contribution is 5.78. The van der Waals surface area contributed by atoms with Crippen LogP contribution in [0.3, 0.4) is 0 Å². The van der Waals surface area contributed by atoms with Gasteiger partial charge in [0.05, 0.1) is 13.2 Å². The molecule has 2 aromatic carbocycles. The van der Waals surface area contributed by atoms with Crippen molar-refractivity contribution in [1.29, 1.82) is 0 Å². The van der Waals surface area contributed by atoms with E-state index in [1.807, 2.05) is 50.2 Å². The third-order valence-electron chi connectivity index (χ3n) is 4.23. The first-order valence-electron chi connectivity index (χ1n) is 8.30. The van der Waals surface area contributed by atoms with E-state index in [-0.39, 0.29) is 17.9 Å². The number of carbonyl (C=O) groups is 1. The van der Waals surface area contributed by atoms with Crippen LogP contribution in [0.15, 0.2) is 48.5 Å². The fraction of sp³-hybridized carbons (Fsp3) is 0.350. The number of ether oxygens (including phenoxy) is 1. The summed E-state index contributed by atoms with van der Waals surface area (Å²) in [5.41, 5.74) is 8.73. The van der Waals surface area contributed by atoms with Crippen LogP contribution >= 0.6 is 0 Å². The first kappa shape index (κ1) is 18.0. The number of para-hydroxylation sites is 1. The molecule has 0 heterocycles. The van der Waals surface area contributed by atoms with E-state index in [9.17, 15) is 4.79 Å². The maximum atomic E-state index is 12.1. The number of benzene rings is 2. The summed E-state index contributed by atoms with van der Waals surface area (Å²) in [5.74, 6) is 0.828. The number of hydrogen-bond acceptors (Lipinski definition) is 3. The molecule has 2 atom stereocenters. The summed E-state index contributed by atoms with van der Waals surface area (Å²) in [6.07, 6.45) is 0.700. The standard InChI is InChI=1S/C20H26N2O2/c1-14(12-13-21)20(23)22-15(2)16-8-10-17(11-9-16)18-6-4-5-7-19(18)24-3/h4-11,14-15H,12-13,21H2,1-3H3,(H,22,23). The molecule has 2 aromatic rings. The summed E-state index contributed by atoms with van der Waals surface area (Å²) in [6.45, 7) is 4.42. The minimum atomic E-state index is -0.0645. The zero-order valence-electron chi connectivity index (χ0n) is 14.6. The van der Waals surface area contributed by atoms with Crippen LogP contribution in [0.2, 0.25) is 0 Å². The summed E-state index contributed by atoms with van der Waals surface area (Å²) in [4.78, 5) is 12.1. The second-order valence-corrected chi connectivity index (χ2v) is 6.03. The topological polar surface area (TPSA) is 64.3 Å². The van der Waals surface area contributed by atoms with Gasteiger partial charge in [-0.2, -0.15) is 0 Å². The first-order valence-corrected chi connectivity index (χ1v) is 8.30. The molecule has 4 heteroatoms. The van der Waals surface area contributed by atoms with Crippen molar-refractivity contribution in [3.05, 3.63) is 54.1 Å². The lowest BCUT2D eigenvalue weighted by atomic mass is 10.00. The van der Waals surface area contributed by atoms with Gasteiger partial charge in [-0.05, 0) is 37.1 Å². The van der Waals surface area contributed by atoms with Crippen molar-refractivity contribution >= 4 is 5.91 Å². The minimum Gasteiger partial charge on any atom is -0.496 e. The van der Waals surface area contributed by atoms with E-state index < -0.39 is 0 Å². The molecule has 0 aromatic heterocycles. The predicted molar refractivity (Wildman–Crippen MR) is 97.8 cm³/mol. The third kappa shape index (κ3) is 4.36. The fourth-order valence-corrected chi connectivity index (χ4v) is 2.65. The SMILES string of the molecule is COc1ccccc1-c1ccc(C(C)NC(=O)C(C)CCN)cc1. The van der Waals surface area contributed by atoms with Gasteiger partial charge in [0.25, 0.3) is 0 Å². The van der Waals surface area contributed by atoms with Gasteiger partial charge in [0.15, 0.2) is 0 Å². The van der Waals surface area contributed by atoms with Crippen LogP contribution in [0.4, 0.5) is 0 Å². The third-order valence-corrected chi connectivity index (χ3v) is 4.23. The Kier molecular flexibility index (Phi) is 6.38. The molecule has 128 valence electrons. The van der Waals surface area contributed by atoms with Gasteiger partial charge in [0, 0.05) is 11.5 Å². The van der Waals surface area contributed by atoms with Crippen molar-refractivity contribution in [2.45, 2.75) is 26.3 Å². The average molecular weight is 326 g/mol. The number of carbonyl (C=O) groups excluding carboxylic acids is 1. The molecule has 0 spiro atoms. The van der Waals surface area contributed by atoms with Crippen molar-refractivity contribution in [3.63, 3.8) is 0 Å². The molecule has 2 rings (SSSR count). The Morgan fingerprint density at radius 1 is 1.12 bits per heavy atom. The molecule has 2 unspecified atom stereocenters. The molecular weight excluding hydrogens is 300 g/mol. The number of methoxy groups -OCH3 is 1. The second-order valence-electron chi connectivity index (χ2n) is 6.03. The minimum absolute atomic E-state index is 0.0376. The van der Waals surface area contributed by atoms with Crippen LogP contribution < -0.4 is 15.8 Å². The predicted octanol–water partition coefficient (Wildman–Crippen LogP) is 3.52. The van der Waals surface area contributed by atoms with Gasteiger partial charge in [-0.25, -0.2) is 0 Å². The Balaban J connectivity index is 2.10. The Morgan fingerprint density at radius 3 is 2.42 bits per heavy atom. The molecule has 0 saturated carbocycles. The molecule has 0 fully saturated rings. The van der Waals surface area contributed by atoms with Crippen molar-refractivity contribution in [1.82, 2.24) is 5.32 Å². The van der Waals surface area contributed by atoms with Crippen LogP contribution in [-0.4, -0.2) is 19.6 Å². The van der Waals surface area contributed by atoms with Gasteiger partial charge in [-0.1, -0.05) is 49.4 Å². The molecule has 4 nitrogen and oxygen atoms in total. The van der Waals surface area contributed by atoms with Gasteiger partial charge in [0.1, 0.15) is 5.75 Å². The molecular formula is C20H26N2O2. The van der Waals surface area contributed by atoms with E-state index >= 15 is 0 Å². The number of rotatable bonds is 7. The van der Waals surface area contributed by atoms with Crippen molar-refractivity contribution in [2.75, 3.05) is 13.7 Å². The summed E-state index contributed by atoms with van der Waals surface area (Å²) in [7, 11) is 1.67. The van der Waals surface area contributed by atoms with Crippen molar-refractivity contribution in [3.8, 4) is 16.9 Å².